The predicted octanol–water partition coefficient (Wildman–Crippen LogP) is 2.07. The number of nitro groups is 1. The van der Waals surface area contributed by atoms with Crippen molar-refractivity contribution in [2.45, 2.75) is 12.5 Å². The molecule has 7 heteroatoms. The zero-order chi connectivity index (χ0) is 12.8. The number of anilines is 1. The summed E-state index contributed by atoms with van der Waals surface area (Å²) in [7, 11) is 0. The summed E-state index contributed by atoms with van der Waals surface area (Å²) < 4.78 is 13.4. The summed E-state index contributed by atoms with van der Waals surface area (Å²) in [5.74, 6) is -0.673. The van der Waals surface area contributed by atoms with Gasteiger partial charge in [0.2, 0.25) is 0 Å². The van der Waals surface area contributed by atoms with Gasteiger partial charge in [-0.2, -0.15) is 0 Å². The summed E-state index contributed by atoms with van der Waals surface area (Å²) in [4.78, 5) is 11.8. The highest BCUT2D eigenvalue weighted by Crippen LogP contribution is 2.37. The molecule has 92 valence electrons. The molecule has 0 amide bonds. The molecule has 0 saturated carbocycles. The van der Waals surface area contributed by atoms with Crippen LogP contribution in [-0.4, -0.2) is 28.7 Å². The zero-order valence-corrected chi connectivity index (χ0v) is 10.6. The first-order valence-corrected chi connectivity index (χ1v) is 5.70. The van der Waals surface area contributed by atoms with E-state index in [1.54, 1.807) is 11.8 Å². The van der Waals surface area contributed by atoms with Crippen LogP contribution in [0.2, 0.25) is 0 Å². The Morgan fingerprint density at radius 3 is 2.65 bits per heavy atom. The highest BCUT2D eigenvalue weighted by molar-refractivity contribution is 9.10. The summed E-state index contributed by atoms with van der Waals surface area (Å²) in [5.41, 5.74) is -0.814. The Balaban J connectivity index is 2.39. The lowest BCUT2D eigenvalue weighted by atomic mass is 9.96. The zero-order valence-electron chi connectivity index (χ0n) is 8.98. The van der Waals surface area contributed by atoms with Crippen LogP contribution in [0.5, 0.6) is 0 Å². The lowest BCUT2D eigenvalue weighted by molar-refractivity contribution is -0.384. The van der Waals surface area contributed by atoms with E-state index in [1.165, 1.54) is 6.07 Å². The Bertz CT molecular complexity index is 485. The van der Waals surface area contributed by atoms with Crippen LogP contribution in [0.15, 0.2) is 16.6 Å². The molecule has 1 aliphatic heterocycles. The largest absolute Gasteiger partial charge is 0.386 e. The maximum atomic E-state index is 13.2. The second-order valence-corrected chi connectivity index (χ2v) is 5.22. The van der Waals surface area contributed by atoms with Gasteiger partial charge in [0.05, 0.1) is 21.1 Å². The van der Waals surface area contributed by atoms with Crippen molar-refractivity contribution in [3.8, 4) is 0 Å². The van der Waals surface area contributed by atoms with Crippen molar-refractivity contribution in [3.05, 3.63) is 32.5 Å². The Kier molecular flexibility index (Phi) is 2.82. The van der Waals surface area contributed by atoms with Crippen LogP contribution in [0.3, 0.4) is 0 Å². The Hall–Kier alpha value is -1.21. The fourth-order valence-corrected chi connectivity index (χ4v) is 2.20. The van der Waals surface area contributed by atoms with Crippen LogP contribution in [0.4, 0.5) is 15.8 Å². The topological polar surface area (TPSA) is 66.6 Å². The molecule has 1 aromatic rings. The van der Waals surface area contributed by atoms with Crippen LogP contribution >= 0.6 is 15.9 Å². The van der Waals surface area contributed by atoms with Crippen molar-refractivity contribution in [1.82, 2.24) is 0 Å². The SMILES string of the molecule is CC1(O)CN(c2cc(Br)c(F)cc2[N+](=O)[O-])C1. The van der Waals surface area contributed by atoms with E-state index in [0.29, 0.717) is 18.8 Å². The molecule has 1 aromatic carbocycles. The van der Waals surface area contributed by atoms with Gasteiger partial charge < -0.3 is 10.0 Å². The molecule has 1 fully saturated rings. The lowest BCUT2D eigenvalue weighted by Crippen LogP contribution is -2.60. The fraction of sp³-hybridized carbons (Fsp3) is 0.400. The van der Waals surface area contributed by atoms with Gasteiger partial charge >= 0.3 is 0 Å². The highest BCUT2D eigenvalue weighted by Gasteiger charge is 2.39. The number of halogens is 2. The minimum atomic E-state index is -0.839. The average Bonchev–Trinajstić information content (AvgIpc) is 2.17. The third kappa shape index (κ3) is 2.25. The molecule has 0 spiro atoms. The lowest BCUT2D eigenvalue weighted by Gasteiger charge is -2.45. The molecule has 1 heterocycles. The molecule has 1 aliphatic rings. The molecular formula is C10H10BrFN2O3. The number of hydrogen-bond acceptors (Lipinski definition) is 4. The second kappa shape index (κ2) is 3.92. The second-order valence-electron chi connectivity index (χ2n) is 4.37. The quantitative estimate of drug-likeness (QED) is 0.671. The molecular weight excluding hydrogens is 295 g/mol. The fourth-order valence-electron chi connectivity index (χ4n) is 1.87. The van der Waals surface area contributed by atoms with E-state index in [9.17, 15) is 19.6 Å². The van der Waals surface area contributed by atoms with Gasteiger partial charge in [0, 0.05) is 13.1 Å². The van der Waals surface area contributed by atoms with E-state index in [4.69, 9.17) is 0 Å². The van der Waals surface area contributed by atoms with E-state index >= 15 is 0 Å². The third-order valence-corrected chi connectivity index (χ3v) is 3.23. The first-order chi connectivity index (χ1) is 7.80. The molecule has 0 atom stereocenters. The van der Waals surface area contributed by atoms with Crippen LogP contribution in [0.25, 0.3) is 0 Å². The molecule has 0 radical (unpaired) electrons. The number of hydrogen-bond donors (Lipinski definition) is 1. The van der Waals surface area contributed by atoms with Crippen molar-refractivity contribution in [2.24, 2.45) is 0 Å². The summed E-state index contributed by atoms with van der Waals surface area (Å²) in [6, 6.07) is 2.25. The summed E-state index contributed by atoms with van der Waals surface area (Å²) in [6.45, 7) is 2.24. The Morgan fingerprint density at radius 1 is 1.59 bits per heavy atom. The predicted molar refractivity (Wildman–Crippen MR) is 63.6 cm³/mol. The van der Waals surface area contributed by atoms with Crippen molar-refractivity contribution in [1.29, 1.82) is 0 Å². The minimum absolute atomic E-state index is 0.171. The summed E-state index contributed by atoms with van der Waals surface area (Å²) >= 11 is 2.99. The molecule has 5 nitrogen and oxygen atoms in total. The van der Waals surface area contributed by atoms with Gasteiger partial charge in [-0.3, -0.25) is 10.1 Å². The van der Waals surface area contributed by atoms with Crippen LogP contribution in [-0.2, 0) is 0 Å². The maximum absolute atomic E-state index is 13.2. The van der Waals surface area contributed by atoms with Gasteiger partial charge in [-0.1, -0.05) is 0 Å². The van der Waals surface area contributed by atoms with Crippen molar-refractivity contribution < 1.29 is 14.4 Å². The number of β-amino-alcohol motifs (C(OH)–C–C–N with tert-alkyl or cyclic N) is 1. The maximum Gasteiger partial charge on any atom is 0.295 e. The van der Waals surface area contributed by atoms with Crippen LogP contribution < -0.4 is 4.90 Å². The normalized spacial score (nSPS) is 17.8. The molecule has 0 bridgehead atoms. The minimum Gasteiger partial charge on any atom is -0.386 e. The monoisotopic (exact) mass is 304 g/mol. The summed E-state index contributed by atoms with van der Waals surface area (Å²) in [5, 5.41) is 20.4. The number of rotatable bonds is 2. The molecule has 17 heavy (non-hydrogen) atoms. The smallest absolute Gasteiger partial charge is 0.295 e. The van der Waals surface area contributed by atoms with Crippen LogP contribution in [0.1, 0.15) is 6.92 Å². The number of aliphatic hydroxyl groups is 1. The average molecular weight is 305 g/mol. The molecule has 1 saturated heterocycles. The van der Waals surface area contributed by atoms with E-state index < -0.39 is 16.3 Å². The van der Waals surface area contributed by atoms with Gasteiger partial charge in [0.25, 0.3) is 5.69 Å². The molecule has 1 N–H and O–H groups in total. The molecule has 0 aliphatic carbocycles. The number of benzene rings is 1. The first kappa shape index (κ1) is 12.3. The van der Waals surface area contributed by atoms with Crippen molar-refractivity contribution in [2.75, 3.05) is 18.0 Å². The third-order valence-electron chi connectivity index (χ3n) is 2.62. The molecule has 0 unspecified atom stereocenters. The standard InChI is InChI=1S/C10H10BrFN2O3/c1-10(15)4-13(5-10)8-2-6(11)7(12)3-9(8)14(16)17/h2-3,15H,4-5H2,1H3. The van der Waals surface area contributed by atoms with E-state index in [2.05, 4.69) is 15.9 Å². The molecule has 2 rings (SSSR count). The van der Waals surface area contributed by atoms with Crippen molar-refractivity contribution in [3.63, 3.8) is 0 Å². The van der Waals surface area contributed by atoms with Crippen molar-refractivity contribution >= 4 is 27.3 Å². The van der Waals surface area contributed by atoms with Gasteiger partial charge in [-0.25, -0.2) is 4.39 Å². The van der Waals surface area contributed by atoms with E-state index in [1.807, 2.05) is 0 Å². The highest BCUT2D eigenvalue weighted by atomic mass is 79.9. The number of nitro benzene ring substituents is 1. The van der Waals surface area contributed by atoms with Gasteiger partial charge in [-0.15, -0.1) is 0 Å². The van der Waals surface area contributed by atoms with Gasteiger partial charge in [0.15, 0.2) is 0 Å². The van der Waals surface area contributed by atoms with Crippen LogP contribution in [0, 0.1) is 15.9 Å². The Morgan fingerprint density at radius 2 is 2.18 bits per heavy atom. The first-order valence-electron chi connectivity index (χ1n) is 4.91. The molecule has 0 aromatic heterocycles. The van der Waals surface area contributed by atoms with E-state index in [-0.39, 0.29) is 10.2 Å². The van der Waals surface area contributed by atoms with E-state index in [0.717, 1.165) is 6.07 Å². The van der Waals surface area contributed by atoms with Gasteiger partial charge in [0.1, 0.15) is 11.5 Å². The summed E-state index contributed by atoms with van der Waals surface area (Å²) in [6.07, 6.45) is 0. The van der Waals surface area contributed by atoms with Gasteiger partial charge in [-0.05, 0) is 28.9 Å². The number of nitrogens with zero attached hydrogens (tertiary/aromatic N) is 2. The Labute approximate surface area is 105 Å².